The topological polar surface area (TPSA) is 53.1 Å². The van der Waals surface area contributed by atoms with E-state index in [1.165, 1.54) is 11.1 Å². The predicted octanol–water partition coefficient (Wildman–Crippen LogP) is 4.72. The van der Waals surface area contributed by atoms with Crippen LogP contribution in [0.1, 0.15) is 22.3 Å². The molecule has 0 fully saturated rings. The highest BCUT2D eigenvalue weighted by Gasteiger charge is 2.22. The van der Waals surface area contributed by atoms with Gasteiger partial charge in [-0.1, -0.05) is 6.07 Å². The molecule has 1 aliphatic heterocycles. The fourth-order valence-corrected chi connectivity index (χ4v) is 3.70. The maximum absolute atomic E-state index is 6.34. The van der Waals surface area contributed by atoms with Gasteiger partial charge in [0.25, 0.3) is 0 Å². The van der Waals surface area contributed by atoms with Crippen molar-refractivity contribution in [3.8, 4) is 28.7 Å². The first-order chi connectivity index (χ1) is 14.6. The van der Waals surface area contributed by atoms with Crippen molar-refractivity contribution in [1.82, 2.24) is 9.88 Å². The summed E-state index contributed by atoms with van der Waals surface area (Å²) >= 11 is 0. The summed E-state index contributed by atoms with van der Waals surface area (Å²) in [7, 11) is 4.93. The number of hydrogen-bond donors (Lipinski definition) is 0. The van der Waals surface area contributed by atoms with Crippen molar-refractivity contribution in [2.24, 2.45) is 0 Å². The number of benzene rings is 2. The van der Waals surface area contributed by atoms with Crippen molar-refractivity contribution < 1.29 is 18.9 Å². The molecule has 0 amide bonds. The van der Waals surface area contributed by atoms with Gasteiger partial charge >= 0.3 is 0 Å². The average Bonchev–Trinajstić information content (AvgIpc) is 2.75. The smallest absolute Gasteiger partial charge is 0.164 e. The van der Waals surface area contributed by atoms with E-state index < -0.39 is 0 Å². The van der Waals surface area contributed by atoms with Crippen LogP contribution in [0.5, 0.6) is 28.7 Å². The molecule has 0 atom stereocenters. The Morgan fingerprint density at radius 2 is 1.63 bits per heavy atom. The molecule has 3 aromatic rings. The Bertz CT molecular complexity index is 1050. The SMILES string of the molecule is COc1ccc2c(c1)Oc1cc(OC)c(OC)cc1CN(Cc1ccncc1C)C2. The number of ether oxygens (including phenoxy) is 4. The zero-order valence-electron chi connectivity index (χ0n) is 17.8. The lowest BCUT2D eigenvalue weighted by Crippen LogP contribution is -2.25. The molecule has 156 valence electrons. The van der Waals surface area contributed by atoms with Crippen LogP contribution in [-0.2, 0) is 19.6 Å². The number of hydrogen-bond acceptors (Lipinski definition) is 6. The molecule has 6 nitrogen and oxygen atoms in total. The third kappa shape index (κ3) is 4.04. The van der Waals surface area contributed by atoms with Crippen molar-refractivity contribution in [2.45, 2.75) is 26.6 Å². The molecule has 0 saturated heterocycles. The molecule has 1 aliphatic rings. The molecule has 1 aromatic heterocycles. The van der Waals surface area contributed by atoms with E-state index in [4.69, 9.17) is 18.9 Å². The van der Waals surface area contributed by atoms with Gasteiger partial charge in [0.15, 0.2) is 11.5 Å². The zero-order valence-corrected chi connectivity index (χ0v) is 17.8. The van der Waals surface area contributed by atoms with Crippen molar-refractivity contribution in [3.63, 3.8) is 0 Å². The average molecular weight is 406 g/mol. The number of aromatic nitrogens is 1. The minimum atomic E-state index is 0.637. The Labute approximate surface area is 177 Å². The molecule has 6 heteroatoms. The van der Waals surface area contributed by atoms with Gasteiger partial charge in [-0.25, -0.2) is 0 Å². The normalized spacial score (nSPS) is 13.3. The van der Waals surface area contributed by atoms with Crippen LogP contribution in [0.15, 0.2) is 48.8 Å². The Morgan fingerprint density at radius 1 is 0.900 bits per heavy atom. The van der Waals surface area contributed by atoms with E-state index in [9.17, 15) is 0 Å². The molecule has 30 heavy (non-hydrogen) atoms. The molecule has 2 heterocycles. The highest BCUT2D eigenvalue weighted by molar-refractivity contribution is 5.54. The minimum Gasteiger partial charge on any atom is -0.497 e. The fraction of sp³-hybridized carbons (Fsp3) is 0.292. The van der Waals surface area contributed by atoms with E-state index in [1.807, 2.05) is 36.7 Å². The van der Waals surface area contributed by atoms with Crippen LogP contribution in [0.25, 0.3) is 0 Å². The van der Waals surface area contributed by atoms with Gasteiger partial charge in [0.2, 0.25) is 0 Å². The number of aryl methyl sites for hydroxylation is 1. The summed E-state index contributed by atoms with van der Waals surface area (Å²) in [6.45, 7) is 4.35. The van der Waals surface area contributed by atoms with Crippen molar-refractivity contribution in [2.75, 3.05) is 21.3 Å². The summed E-state index contributed by atoms with van der Waals surface area (Å²) in [6, 6.07) is 11.9. The molecule has 0 radical (unpaired) electrons. The first kappa shape index (κ1) is 20.0. The highest BCUT2D eigenvalue weighted by atomic mass is 16.5. The second kappa shape index (κ2) is 8.63. The third-order valence-corrected chi connectivity index (χ3v) is 5.38. The monoisotopic (exact) mass is 406 g/mol. The zero-order chi connectivity index (χ0) is 21.1. The van der Waals surface area contributed by atoms with E-state index in [1.54, 1.807) is 21.3 Å². The lowest BCUT2D eigenvalue weighted by atomic mass is 10.1. The van der Waals surface area contributed by atoms with E-state index >= 15 is 0 Å². The molecule has 0 spiro atoms. The summed E-state index contributed by atoms with van der Waals surface area (Å²) in [6.07, 6.45) is 3.75. The summed E-state index contributed by atoms with van der Waals surface area (Å²) in [5, 5.41) is 0. The summed E-state index contributed by atoms with van der Waals surface area (Å²) in [4.78, 5) is 6.61. The van der Waals surface area contributed by atoms with Crippen LogP contribution in [0.3, 0.4) is 0 Å². The van der Waals surface area contributed by atoms with E-state index in [-0.39, 0.29) is 0 Å². The molecule has 0 bridgehead atoms. The third-order valence-electron chi connectivity index (χ3n) is 5.38. The number of fused-ring (bicyclic) bond motifs is 2. The summed E-state index contributed by atoms with van der Waals surface area (Å²) < 4.78 is 22.8. The van der Waals surface area contributed by atoms with Crippen LogP contribution in [-0.4, -0.2) is 31.2 Å². The van der Waals surface area contributed by atoms with E-state index in [0.717, 1.165) is 41.5 Å². The number of nitrogens with zero attached hydrogens (tertiary/aromatic N) is 2. The number of methoxy groups -OCH3 is 3. The van der Waals surface area contributed by atoms with Crippen molar-refractivity contribution in [1.29, 1.82) is 0 Å². The van der Waals surface area contributed by atoms with Gasteiger partial charge < -0.3 is 18.9 Å². The molecular weight excluding hydrogens is 380 g/mol. The molecular formula is C24H26N2O4. The van der Waals surface area contributed by atoms with Crippen LogP contribution >= 0.6 is 0 Å². The molecule has 2 aromatic carbocycles. The Kier molecular flexibility index (Phi) is 5.77. The van der Waals surface area contributed by atoms with Crippen LogP contribution in [0.4, 0.5) is 0 Å². The van der Waals surface area contributed by atoms with Gasteiger partial charge in [-0.3, -0.25) is 9.88 Å². The Morgan fingerprint density at radius 3 is 2.37 bits per heavy atom. The van der Waals surface area contributed by atoms with Crippen LogP contribution in [0.2, 0.25) is 0 Å². The van der Waals surface area contributed by atoms with Crippen molar-refractivity contribution >= 4 is 0 Å². The second-order valence-corrected chi connectivity index (χ2v) is 7.34. The van der Waals surface area contributed by atoms with E-state index in [2.05, 4.69) is 28.9 Å². The summed E-state index contributed by atoms with van der Waals surface area (Å²) in [5.74, 6) is 3.61. The lowest BCUT2D eigenvalue weighted by Gasteiger charge is -2.29. The van der Waals surface area contributed by atoms with E-state index in [0.29, 0.717) is 18.0 Å². The van der Waals surface area contributed by atoms with Crippen molar-refractivity contribution in [3.05, 3.63) is 71.0 Å². The molecule has 4 rings (SSSR count). The van der Waals surface area contributed by atoms with Gasteiger partial charge in [-0.05, 0) is 36.2 Å². The number of pyridine rings is 1. The Hall–Kier alpha value is -3.25. The highest BCUT2D eigenvalue weighted by Crippen LogP contribution is 2.41. The summed E-state index contributed by atoms with van der Waals surface area (Å²) in [5.41, 5.74) is 4.57. The minimum absolute atomic E-state index is 0.637. The maximum atomic E-state index is 6.34. The second-order valence-electron chi connectivity index (χ2n) is 7.34. The first-order valence-corrected chi connectivity index (χ1v) is 9.82. The predicted molar refractivity (Wildman–Crippen MR) is 115 cm³/mol. The quantitative estimate of drug-likeness (QED) is 0.611. The first-order valence-electron chi connectivity index (χ1n) is 9.82. The Balaban J connectivity index is 1.79. The lowest BCUT2D eigenvalue weighted by molar-refractivity contribution is 0.234. The van der Waals surface area contributed by atoms with Gasteiger partial charge in [0, 0.05) is 55.3 Å². The fourth-order valence-electron chi connectivity index (χ4n) is 3.70. The molecule has 0 saturated carbocycles. The van der Waals surface area contributed by atoms with Gasteiger partial charge in [0.1, 0.15) is 17.2 Å². The standard InChI is InChI=1S/C24H26N2O4/c1-16-12-25-8-7-17(16)13-26-14-18-5-6-20(27-2)10-21(18)30-22-11-24(29-4)23(28-3)9-19(22)15-26/h5-12H,13-15H2,1-4H3. The molecule has 0 unspecified atom stereocenters. The molecule has 0 aliphatic carbocycles. The van der Waals surface area contributed by atoms with Crippen LogP contribution < -0.4 is 18.9 Å². The maximum Gasteiger partial charge on any atom is 0.164 e. The van der Waals surface area contributed by atoms with Gasteiger partial charge in [0.05, 0.1) is 21.3 Å². The van der Waals surface area contributed by atoms with Crippen LogP contribution in [0, 0.1) is 6.92 Å². The molecule has 0 N–H and O–H groups in total. The largest absolute Gasteiger partial charge is 0.497 e. The van der Waals surface area contributed by atoms with Gasteiger partial charge in [-0.2, -0.15) is 0 Å². The van der Waals surface area contributed by atoms with Gasteiger partial charge in [-0.15, -0.1) is 0 Å². The number of rotatable bonds is 5.